The Bertz CT molecular complexity index is 524. The van der Waals surface area contributed by atoms with Crippen LogP contribution in [0, 0.1) is 6.92 Å². The van der Waals surface area contributed by atoms with Gasteiger partial charge in [-0.05, 0) is 38.8 Å². The molecule has 0 aromatic carbocycles. The monoisotopic (exact) mass is 289 g/mol. The third-order valence-corrected chi connectivity index (χ3v) is 4.69. The van der Waals surface area contributed by atoms with Crippen molar-refractivity contribution < 1.29 is 9.53 Å². The lowest BCUT2D eigenvalue weighted by molar-refractivity contribution is -0.159. The number of carbonyl (C=O) groups excluding carboxylic acids is 1. The molecule has 1 aromatic rings. The SMILES string of the molecule is Cc1cccc(CN2CCC3(CC2)OCC(=O)N[C@@H]3C)n1. The van der Waals surface area contributed by atoms with Crippen molar-refractivity contribution in [3.8, 4) is 0 Å². The molecule has 0 radical (unpaired) electrons. The number of carbonyl (C=O) groups is 1. The Hall–Kier alpha value is -1.46. The number of hydrogen-bond donors (Lipinski definition) is 1. The van der Waals surface area contributed by atoms with Gasteiger partial charge in [0.25, 0.3) is 0 Å². The molecule has 0 aliphatic carbocycles. The highest BCUT2D eigenvalue weighted by Gasteiger charge is 2.44. The Morgan fingerprint density at radius 1 is 1.43 bits per heavy atom. The van der Waals surface area contributed by atoms with Gasteiger partial charge in [0, 0.05) is 25.3 Å². The van der Waals surface area contributed by atoms with Crippen molar-refractivity contribution in [2.24, 2.45) is 0 Å². The lowest BCUT2D eigenvalue weighted by Gasteiger charge is -2.47. The van der Waals surface area contributed by atoms with Gasteiger partial charge in [0.05, 0.1) is 17.3 Å². The summed E-state index contributed by atoms with van der Waals surface area (Å²) in [6.45, 7) is 7.12. The van der Waals surface area contributed by atoms with Gasteiger partial charge in [-0.2, -0.15) is 0 Å². The van der Waals surface area contributed by atoms with Crippen LogP contribution in [0.2, 0.25) is 0 Å². The van der Waals surface area contributed by atoms with Gasteiger partial charge in [-0.15, -0.1) is 0 Å². The fourth-order valence-electron chi connectivity index (χ4n) is 3.33. The number of aromatic nitrogens is 1. The van der Waals surface area contributed by atoms with E-state index in [1.807, 2.05) is 13.0 Å². The average Bonchev–Trinajstić information content (AvgIpc) is 2.46. The second-order valence-electron chi connectivity index (χ2n) is 6.19. The van der Waals surface area contributed by atoms with Crippen molar-refractivity contribution >= 4 is 5.91 Å². The fraction of sp³-hybridized carbons (Fsp3) is 0.625. The van der Waals surface area contributed by atoms with Crippen molar-refractivity contribution in [2.45, 2.75) is 44.9 Å². The zero-order valence-corrected chi connectivity index (χ0v) is 12.8. The number of aryl methyl sites for hydroxylation is 1. The van der Waals surface area contributed by atoms with Crippen molar-refractivity contribution in [1.82, 2.24) is 15.2 Å². The molecule has 2 aliphatic rings. The van der Waals surface area contributed by atoms with E-state index in [0.29, 0.717) is 0 Å². The maximum atomic E-state index is 11.4. The number of rotatable bonds is 2. The summed E-state index contributed by atoms with van der Waals surface area (Å²) in [5, 5.41) is 3.02. The first-order chi connectivity index (χ1) is 10.1. The van der Waals surface area contributed by atoms with E-state index in [0.717, 1.165) is 43.9 Å². The number of likely N-dealkylation sites (tertiary alicyclic amines) is 1. The number of amides is 1. The van der Waals surface area contributed by atoms with E-state index in [4.69, 9.17) is 4.74 Å². The van der Waals surface area contributed by atoms with Crippen LogP contribution in [-0.2, 0) is 16.1 Å². The molecule has 3 heterocycles. The Kier molecular flexibility index (Phi) is 3.95. The molecule has 0 saturated carbocycles. The second-order valence-corrected chi connectivity index (χ2v) is 6.19. The summed E-state index contributed by atoms with van der Waals surface area (Å²) in [5.74, 6) is -0.000449. The van der Waals surface area contributed by atoms with E-state index >= 15 is 0 Å². The molecule has 21 heavy (non-hydrogen) atoms. The highest BCUT2D eigenvalue weighted by Crippen LogP contribution is 2.32. The fourth-order valence-corrected chi connectivity index (χ4v) is 3.33. The quantitative estimate of drug-likeness (QED) is 0.890. The number of hydrogen-bond acceptors (Lipinski definition) is 4. The molecular weight excluding hydrogens is 266 g/mol. The number of nitrogens with zero attached hydrogens (tertiary/aromatic N) is 2. The van der Waals surface area contributed by atoms with E-state index in [1.54, 1.807) is 0 Å². The minimum Gasteiger partial charge on any atom is -0.363 e. The lowest BCUT2D eigenvalue weighted by atomic mass is 9.83. The Labute approximate surface area is 125 Å². The van der Waals surface area contributed by atoms with E-state index in [2.05, 4.69) is 34.3 Å². The zero-order valence-electron chi connectivity index (χ0n) is 12.8. The van der Waals surface area contributed by atoms with E-state index < -0.39 is 0 Å². The number of ether oxygens (including phenoxy) is 1. The molecule has 1 N–H and O–H groups in total. The predicted octanol–water partition coefficient (Wildman–Crippen LogP) is 1.26. The molecule has 2 fully saturated rings. The Morgan fingerprint density at radius 3 is 2.86 bits per heavy atom. The summed E-state index contributed by atoms with van der Waals surface area (Å²) in [6, 6.07) is 6.26. The molecule has 5 nitrogen and oxygen atoms in total. The van der Waals surface area contributed by atoms with Gasteiger partial charge in [-0.25, -0.2) is 0 Å². The number of piperidine rings is 1. The molecule has 114 valence electrons. The maximum absolute atomic E-state index is 11.4. The normalized spacial score (nSPS) is 25.8. The van der Waals surface area contributed by atoms with E-state index in [-0.39, 0.29) is 24.2 Å². The topological polar surface area (TPSA) is 54.5 Å². The van der Waals surface area contributed by atoms with E-state index in [9.17, 15) is 4.79 Å². The molecule has 0 bridgehead atoms. The van der Waals surface area contributed by atoms with Crippen LogP contribution < -0.4 is 5.32 Å². The predicted molar refractivity (Wildman–Crippen MR) is 79.8 cm³/mol. The van der Waals surface area contributed by atoms with Gasteiger partial charge in [-0.1, -0.05) is 6.07 Å². The summed E-state index contributed by atoms with van der Waals surface area (Å²) < 4.78 is 5.89. The molecule has 3 rings (SSSR count). The van der Waals surface area contributed by atoms with Crippen molar-refractivity contribution in [1.29, 1.82) is 0 Å². The largest absolute Gasteiger partial charge is 0.363 e. The molecule has 5 heteroatoms. The molecule has 2 aliphatic heterocycles. The van der Waals surface area contributed by atoms with Gasteiger partial charge in [0.2, 0.25) is 5.91 Å². The van der Waals surface area contributed by atoms with Crippen LogP contribution >= 0.6 is 0 Å². The highest BCUT2D eigenvalue weighted by atomic mass is 16.5. The molecule has 1 amide bonds. The first-order valence-electron chi connectivity index (χ1n) is 7.66. The second kappa shape index (κ2) is 5.73. The van der Waals surface area contributed by atoms with Gasteiger partial charge in [-0.3, -0.25) is 14.7 Å². The summed E-state index contributed by atoms with van der Waals surface area (Å²) in [7, 11) is 0. The number of morpholine rings is 1. The lowest BCUT2D eigenvalue weighted by Crippen LogP contribution is -2.62. The van der Waals surface area contributed by atoms with Crippen LogP contribution in [0.5, 0.6) is 0 Å². The van der Waals surface area contributed by atoms with Crippen LogP contribution in [0.3, 0.4) is 0 Å². The third kappa shape index (κ3) is 3.09. The van der Waals surface area contributed by atoms with Crippen LogP contribution in [0.4, 0.5) is 0 Å². The van der Waals surface area contributed by atoms with Crippen LogP contribution in [0.25, 0.3) is 0 Å². The van der Waals surface area contributed by atoms with E-state index in [1.165, 1.54) is 0 Å². The molecular formula is C16H23N3O2. The molecule has 1 aromatic heterocycles. The zero-order chi connectivity index (χ0) is 14.9. The molecule has 0 unspecified atom stereocenters. The minimum atomic E-state index is -0.176. The molecule has 1 atom stereocenters. The van der Waals surface area contributed by atoms with Crippen molar-refractivity contribution in [3.63, 3.8) is 0 Å². The van der Waals surface area contributed by atoms with Crippen LogP contribution in [-0.4, -0.2) is 47.1 Å². The third-order valence-electron chi connectivity index (χ3n) is 4.69. The number of nitrogens with one attached hydrogen (secondary N) is 1. The molecule has 2 saturated heterocycles. The highest BCUT2D eigenvalue weighted by molar-refractivity contribution is 5.78. The Morgan fingerprint density at radius 2 is 2.19 bits per heavy atom. The van der Waals surface area contributed by atoms with Gasteiger partial charge in [0.1, 0.15) is 6.61 Å². The van der Waals surface area contributed by atoms with Gasteiger partial charge >= 0.3 is 0 Å². The summed E-state index contributed by atoms with van der Waals surface area (Å²) in [5.41, 5.74) is 2.01. The first-order valence-corrected chi connectivity index (χ1v) is 7.66. The smallest absolute Gasteiger partial charge is 0.246 e. The molecule has 1 spiro atoms. The average molecular weight is 289 g/mol. The standard InChI is InChI=1S/C16H23N3O2/c1-12-4-3-5-14(17-12)10-19-8-6-16(7-9-19)13(2)18-15(20)11-21-16/h3-5,13H,6-11H2,1-2H3,(H,18,20)/t13-/m1/s1. The first kappa shape index (κ1) is 14.5. The summed E-state index contributed by atoms with van der Waals surface area (Å²) >= 11 is 0. The summed E-state index contributed by atoms with van der Waals surface area (Å²) in [6.07, 6.45) is 1.92. The van der Waals surface area contributed by atoms with Crippen molar-refractivity contribution in [3.05, 3.63) is 29.6 Å². The van der Waals surface area contributed by atoms with Crippen LogP contribution in [0.15, 0.2) is 18.2 Å². The van der Waals surface area contributed by atoms with Gasteiger partial charge in [0.15, 0.2) is 0 Å². The Balaban J connectivity index is 1.59. The summed E-state index contributed by atoms with van der Waals surface area (Å²) in [4.78, 5) is 18.4. The van der Waals surface area contributed by atoms with Crippen LogP contribution in [0.1, 0.15) is 31.2 Å². The minimum absolute atomic E-state index is 0.000449. The van der Waals surface area contributed by atoms with Crippen molar-refractivity contribution in [2.75, 3.05) is 19.7 Å². The van der Waals surface area contributed by atoms with Gasteiger partial charge < -0.3 is 10.1 Å². The maximum Gasteiger partial charge on any atom is 0.246 e. The number of pyridine rings is 1.